The minimum absolute atomic E-state index is 0.245. The molecule has 5 nitrogen and oxygen atoms in total. The fraction of sp³-hybridized carbons (Fsp3) is 0.615. The van der Waals surface area contributed by atoms with Gasteiger partial charge in [-0.25, -0.2) is 8.42 Å². The molecule has 1 saturated heterocycles. The highest BCUT2D eigenvalue weighted by atomic mass is 32.2. The summed E-state index contributed by atoms with van der Waals surface area (Å²) < 4.78 is 23.0. The molecule has 1 aliphatic rings. The van der Waals surface area contributed by atoms with Crippen molar-refractivity contribution in [3.05, 3.63) is 23.5 Å². The van der Waals surface area contributed by atoms with Gasteiger partial charge in [-0.15, -0.1) is 0 Å². The van der Waals surface area contributed by atoms with Crippen molar-refractivity contribution in [3.8, 4) is 0 Å². The first-order valence-electron chi connectivity index (χ1n) is 6.63. The number of hydrogen-bond donors (Lipinski definition) is 1. The quantitative estimate of drug-likeness (QED) is 0.883. The van der Waals surface area contributed by atoms with Crippen LogP contribution < -0.4 is 10.2 Å². The molecule has 2 rings (SSSR count). The average Bonchev–Trinajstić information content (AvgIpc) is 2.37. The maximum atomic E-state index is 11.5. The van der Waals surface area contributed by atoms with E-state index in [1.54, 1.807) is 0 Å². The van der Waals surface area contributed by atoms with Crippen LogP contribution in [0.3, 0.4) is 0 Å². The Kier molecular flexibility index (Phi) is 4.42. The van der Waals surface area contributed by atoms with Gasteiger partial charge in [-0.1, -0.05) is 6.92 Å². The average molecular weight is 283 g/mol. The predicted octanol–water partition coefficient (Wildman–Crippen LogP) is 0.734. The molecule has 0 radical (unpaired) electrons. The summed E-state index contributed by atoms with van der Waals surface area (Å²) in [5.41, 5.74) is 3.21. The second kappa shape index (κ2) is 5.88. The van der Waals surface area contributed by atoms with E-state index >= 15 is 0 Å². The van der Waals surface area contributed by atoms with Crippen LogP contribution in [0.25, 0.3) is 0 Å². The summed E-state index contributed by atoms with van der Waals surface area (Å²) >= 11 is 0. The predicted molar refractivity (Wildman–Crippen MR) is 77.2 cm³/mol. The van der Waals surface area contributed by atoms with Crippen LogP contribution >= 0.6 is 0 Å². The van der Waals surface area contributed by atoms with Gasteiger partial charge >= 0.3 is 0 Å². The Morgan fingerprint density at radius 1 is 1.37 bits per heavy atom. The zero-order valence-corrected chi connectivity index (χ0v) is 12.3. The van der Waals surface area contributed by atoms with Crippen LogP contribution in [0.4, 0.5) is 5.69 Å². The number of hydrogen-bond acceptors (Lipinski definition) is 5. The molecule has 0 saturated carbocycles. The maximum absolute atomic E-state index is 11.5. The monoisotopic (exact) mass is 283 g/mol. The molecule has 1 aromatic rings. The lowest BCUT2D eigenvalue weighted by Gasteiger charge is -2.30. The van der Waals surface area contributed by atoms with Crippen LogP contribution in [0.2, 0.25) is 0 Å². The molecular formula is C13H21N3O2S. The summed E-state index contributed by atoms with van der Waals surface area (Å²) in [6, 6.07) is 2.05. The van der Waals surface area contributed by atoms with E-state index in [1.165, 1.54) is 0 Å². The maximum Gasteiger partial charge on any atom is 0.153 e. The molecule has 1 N–H and O–H groups in total. The molecule has 0 amide bonds. The van der Waals surface area contributed by atoms with Crippen LogP contribution in [0.5, 0.6) is 0 Å². The smallest absolute Gasteiger partial charge is 0.153 e. The van der Waals surface area contributed by atoms with Gasteiger partial charge in [0.15, 0.2) is 9.84 Å². The Bertz CT molecular complexity index is 529. The van der Waals surface area contributed by atoms with E-state index in [2.05, 4.69) is 22.1 Å². The van der Waals surface area contributed by atoms with E-state index in [-0.39, 0.29) is 11.5 Å². The number of nitrogens with one attached hydrogen (secondary N) is 1. The highest BCUT2D eigenvalue weighted by molar-refractivity contribution is 7.91. The van der Waals surface area contributed by atoms with Gasteiger partial charge in [-0.05, 0) is 19.5 Å². The molecule has 1 aliphatic heterocycles. The Balaban J connectivity index is 2.20. The van der Waals surface area contributed by atoms with Crippen LogP contribution in [-0.4, -0.2) is 44.5 Å². The lowest BCUT2D eigenvalue weighted by atomic mass is 10.2. The molecule has 0 spiro atoms. The number of pyridine rings is 1. The Labute approximate surface area is 114 Å². The normalized spacial score (nSPS) is 18.5. The minimum Gasteiger partial charge on any atom is -0.369 e. The van der Waals surface area contributed by atoms with Crippen LogP contribution in [-0.2, 0) is 16.4 Å². The van der Waals surface area contributed by atoms with Crippen molar-refractivity contribution in [1.82, 2.24) is 10.3 Å². The summed E-state index contributed by atoms with van der Waals surface area (Å²) in [6.07, 6.45) is 1.89. The van der Waals surface area contributed by atoms with Crippen LogP contribution in [0, 0.1) is 6.92 Å². The van der Waals surface area contributed by atoms with Crippen molar-refractivity contribution in [2.45, 2.75) is 20.4 Å². The number of aromatic nitrogens is 1. The Morgan fingerprint density at radius 2 is 2.05 bits per heavy atom. The summed E-state index contributed by atoms with van der Waals surface area (Å²) in [4.78, 5) is 6.49. The molecule has 0 unspecified atom stereocenters. The molecule has 0 aliphatic carbocycles. The SMILES string of the molecule is CCNCc1cnc(C)cc1N1CCS(=O)(=O)CC1. The fourth-order valence-corrected chi connectivity index (χ4v) is 3.42. The second-order valence-corrected chi connectivity index (χ2v) is 7.18. The third kappa shape index (κ3) is 3.67. The molecular weight excluding hydrogens is 262 g/mol. The molecule has 6 heteroatoms. The Hall–Kier alpha value is -1.14. The van der Waals surface area contributed by atoms with E-state index in [0.29, 0.717) is 13.1 Å². The van der Waals surface area contributed by atoms with Gasteiger partial charge in [-0.3, -0.25) is 4.98 Å². The summed E-state index contributed by atoms with van der Waals surface area (Å²) in [7, 11) is -2.84. The first-order valence-corrected chi connectivity index (χ1v) is 8.45. The van der Waals surface area contributed by atoms with Gasteiger partial charge in [0.2, 0.25) is 0 Å². The van der Waals surface area contributed by atoms with Gasteiger partial charge in [-0.2, -0.15) is 0 Å². The largest absolute Gasteiger partial charge is 0.369 e. The first kappa shape index (κ1) is 14.3. The number of sulfone groups is 1. The van der Waals surface area contributed by atoms with E-state index in [4.69, 9.17) is 0 Å². The van der Waals surface area contributed by atoms with Crippen molar-refractivity contribution >= 4 is 15.5 Å². The second-order valence-electron chi connectivity index (χ2n) is 4.87. The molecule has 1 aromatic heterocycles. The molecule has 19 heavy (non-hydrogen) atoms. The number of anilines is 1. The lowest BCUT2D eigenvalue weighted by molar-refractivity contribution is 0.586. The van der Waals surface area contributed by atoms with Gasteiger partial charge < -0.3 is 10.2 Å². The number of nitrogens with zero attached hydrogens (tertiary/aromatic N) is 2. The lowest BCUT2D eigenvalue weighted by Crippen LogP contribution is -2.41. The van der Waals surface area contributed by atoms with Crippen molar-refractivity contribution in [2.75, 3.05) is 36.0 Å². The number of rotatable bonds is 4. The van der Waals surface area contributed by atoms with Crippen molar-refractivity contribution in [2.24, 2.45) is 0 Å². The zero-order valence-electron chi connectivity index (χ0n) is 11.5. The summed E-state index contributed by atoms with van der Waals surface area (Å²) in [5.74, 6) is 0.490. The highest BCUT2D eigenvalue weighted by Gasteiger charge is 2.23. The van der Waals surface area contributed by atoms with Crippen molar-refractivity contribution in [3.63, 3.8) is 0 Å². The molecule has 0 bridgehead atoms. The third-order valence-electron chi connectivity index (χ3n) is 3.35. The molecule has 106 valence electrons. The topological polar surface area (TPSA) is 62.3 Å². The van der Waals surface area contributed by atoms with E-state index < -0.39 is 9.84 Å². The molecule has 2 heterocycles. The minimum atomic E-state index is -2.84. The fourth-order valence-electron chi connectivity index (χ4n) is 2.22. The van der Waals surface area contributed by atoms with Gasteiger partial charge in [0.1, 0.15) is 0 Å². The van der Waals surface area contributed by atoms with Crippen LogP contribution in [0.15, 0.2) is 12.3 Å². The Morgan fingerprint density at radius 3 is 2.68 bits per heavy atom. The van der Waals surface area contributed by atoms with Gasteiger partial charge in [0.25, 0.3) is 0 Å². The van der Waals surface area contributed by atoms with E-state index in [0.717, 1.165) is 30.0 Å². The van der Waals surface area contributed by atoms with Crippen molar-refractivity contribution < 1.29 is 8.42 Å². The third-order valence-corrected chi connectivity index (χ3v) is 4.96. The van der Waals surface area contributed by atoms with Gasteiger partial charge in [0, 0.05) is 42.8 Å². The van der Waals surface area contributed by atoms with Gasteiger partial charge in [0.05, 0.1) is 11.5 Å². The molecule has 1 fully saturated rings. The van der Waals surface area contributed by atoms with E-state index in [9.17, 15) is 8.42 Å². The number of aryl methyl sites for hydroxylation is 1. The standard InChI is InChI=1S/C13H21N3O2S/c1-3-14-9-12-10-15-11(2)8-13(12)16-4-6-19(17,18)7-5-16/h8,10,14H,3-7,9H2,1-2H3. The molecule has 0 aromatic carbocycles. The highest BCUT2D eigenvalue weighted by Crippen LogP contribution is 2.22. The zero-order chi connectivity index (χ0) is 13.9. The van der Waals surface area contributed by atoms with Crippen molar-refractivity contribution in [1.29, 1.82) is 0 Å². The van der Waals surface area contributed by atoms with Crippen LogP contribution in [0.1, 0.15) is 18.2 Å². The first-order chi connectivity index (χ1) is 9.02. The van der Waals surface area contributed by atoms with E-state index in [1.807, 2.05) is 19.2 Å². The summed E-state index contributed by atoms with van der Waals surface area (Å²) in [5, 5.41) is 3.29. The summed E-state index contributed by atoms with van der Waals surface area (Å²) in [6.45, 7) is 6.84. The molecule has 0 atom stereocenters.